The van der Waals surface area contributed by atoms with Crippen molar-refractivity contribution in [3.63, 3.8) is 0 Å². The van der Waals surface area contributed by atoms with E-state index in [1.807, 2.05) is 0 Å². The standard InChI is InChI=1S/C11H10BrNO4/c12-6-1-2-9-8(3-6)10(16)11(17)13(9)4-7(15)5-14/h1-3,7,14-15H,4-5H2. The van der Waals surface area contributed by atoms with Gasteiger partial charge < -0.3 is 15.1 Å². The molecule has 90 valence electrons. The minimum atomic E-state index is -1.05. The van der Waals surface area contributed by atoms with E-state index < -0.39 is 24.4 Å². The quantitative estimate of drug-likeness (QED) is 0.789. The summed E-state index contributed by atoms with van der Waals surface area (Å²) in [6, 6.07) is 4.91. The molecule has 17 heavy (non-hydrogen) atoms. The van der Waals surface area contributed by atoms with Crippen LogP contribution in [0.2, 0.25) is 0 Å². The molecule has 0 bridgehead atoms. The van der Waals surface area contributed by atoms with E-state index in [2.05, 4.69) is 15.9 Å². The number of halogens is 1. The van der Waals surface area contributed by atoms with Gasteiger partial charge in [-0.05, 0) is 18.2 Å². The Labute approximate surface area is 106 Å². The fourth-order valence-corrected chi connectivity index (χ4v) is 2.08. The van der Waals surface area contributed by atoms with Gasteiger partial charge in [0.2, 0.25) is 0 Å². The van der Waals surface area contributed by atoms with Crippen molar-refractivity contribution in [1.82, 2.24) is 0 Å². The molecule has 1 atom stereocenters. The van der Waals surface area contributed by atoms with Crippen LogP contribution in [-0.2, 0) is 4.79 Å². The van der Waals surface area contributed by atoms with Crippen LogP contribution in [0.25, 0.3) is 0 Å². The normalized spacial score (nSPS) is 16.3. The second kappa shape index (κ2) is 4.56. The van der Waals surface area contributed by atoms with E-state index in [1.165, 1.54) is 4.90 Å². The van der Waals surface area contributed by atoms with E-state index in [0.717, 1.165) is 0 Å². The third kappa shape index (κ3) is 2.11. The molecule has 1 unspecified atom stereocenters. The number of nitrogens with zero attached hydrogens (tertiary/aromatic N) is 1. The van der Waals surface area contributed by atoms with Gasteiger partial charge in [0.05, 0.1) is 30.5 Å². The van der Waals surface area contributed by atoms with E-state index in [9.17, 15) is 14.7 Å². The molecule has 0 fully saturated rings. The number of Topliss-reactive ketones (excluding diaryl/α,β-unsaturated/α-hetero) is 1. The largest absolute Gasteiger partial charge is 0.394 e. The van der Waals surface area contributed by atoms with Gasteiger partial charge >= 0.3 is 0 Å². The van der Waals surface area contributed by atoms with Crippen molar-refractivity contribution in [3.8, 4) is 0 Å². The predicted molar refractivity (Wildman–Crippen MR) is 63.9 cm³/mol. The zero-order chi connectivity index (χ0) is 12.6. The molecule has 0 saturated heterocycles. The second-order valence-corrected chi connectivity index (χ2v) is 4.66. The van der Waals surface area contributed by atoms with Crippen molar-refractivity contribution < 1.29 is 19.8 Å². The van der Waals surface area contributed by atoms with Gasteiger partial charge in [-0.15, -0.1) is 0 Å². The summed E-state index contributed by atoms with van der Waals surface area (Å²) in [6.07, 6.45) is -1.05. The van der Waals surface area contributed by atoms with Gasteiger partial charge in [0.1, 0.15) is 0 Å². The lowest BCUT2D eigenvalue weighted by molar-refractivity contribution is -0.114. The van der Waals surface area contributed by atoms with Crippen molar-refractivity contribution in [2.45, 2.75) is 6.10 Å². The molecule has 5 nitrogen and oxygen atoms in total. The van der Waals surface area contributed by atoms with Crippen LogP contribution in [0.1, 0.15) is 10.4 Å². The lowest BCUT2D eigenvalue weighted by atomic mass is 10.1. The van der Waals surface area contributed by atoms with Gasteiger partial charge in [-0.1, -0.05) is 15.9 Å². The third-order valence-electron chi connectivity index (χ3n) is 2.54. The fraction of sp³-hybridized carbons (Fsp3) is 0.273. The Kier molecular flexibility index (Phi) is 3.28. The van der Waals surface area contributed by atoms with Crippen molar-refractivity contribution in [2.75, 3.05) is 18.1 Å². The molecule has 1 aromatic carbocycles. The molecule has 2 N–H and O–H groups in total. The Bertz CT molecular complexity index is 488. The minimum absolute atomic E-state index is 0.0876. The maximum Gasteiger partial charge on any atom is 0.299 e. The molecule has 0 saturated carbocycles. The van der Waals surface area contributed by atoms with E-state index in [1.54, 1.807) is 18.2 Å². The van der Waals surface area contributed by atoms with Crippen LogP contribution >= 0.6 is 15.9 Å². The van der Waals surface area contributed by atoms with Crippen molar-refractivity contribution in [2.24, 2.45) is 0 Å². The smallest absolute Gasteiger partial charge is 0.299 e. The molecule has 1 aliphatic heterocycles. The number of fused-ring (bicyclic) bond motifs is 1. The van der Waals surface area contributed by atoms with Gasteiger partial charge in [0.25, 0.3) is 11.7 Å². The Morgan fingerprint density at radius 1 is 1.35 bits per heavy atom. The molecule has 0 aromatic heterocycles. The Hall–Kier alpha value is -1.24. The monoisotopic (exact) mass is 299 g/mol. The molecule has 1 aromatic rings. The third-order valence-corrected chi connectivity index (χ3v) is 3.03. The number of carbonyl (C=O) groups excluding carboxylic acids is 2. The summed E-state index contributed by atoms with van der Waals surface area (Å²) in [4.78, 5) is 24.6. The Balaban J connectivity index is 2.38. The Morgan fingerprint density at radius 3 is 2.71 bits per heavy atom. The van der Waals surface area contributed by atoms with Crippen molar-refractivity contribution in [1.29, 1.82) is 0 Å². The maximum atomic E-state index is 11.7. The SMILES string of the molecule is O=C1C(=O)N(CC(O)CO)c2ccc(Br)cc21. The number of amides is 1. The zero-order valence-electron chi connectivity index (χ0n) is 8.76. The van der Waals surface area contributed by atoms with Crippen LogP contribution in [0.15, 0.2) is 22.7 Å². The first-order chi connectivity index (χ1) is 8.04. The molecule has 1 amide bonds. The van der Waals surface area contributed by atoms with Crippen LogP contribution in [0.5, 0.6) is 0 Å². The lowest BCUT2D eigenvalue weighted by Gasteiger charge is -2.19. The fourth-order valence-electron chi connectivity index (χ4n) is 1.72. The summed E-state index contributed by atoms with van der Waals surface area (Å²) >= 11 is 3.23. The summed E-state index contributed by atoms with van der Waals surface area (Å²) in [6.45, 7) is -0.542. The predicted octanol–water partition coefficient (Wildman–Crippen LogP) is 0.332. The van der Waals surface area contributed by atoms with Crippen LogP contribution in [-0.4, -0.2) is 41.2 Å². The number of aliphatic hydroxyl groups is 2. The molecule has 1 aliphatic rings. The van der Waals surface area contributed by atoms with Crippen LogP contribution in [0.3, 0.4) is 0 Å². The number of anilines is 1. The van der Waals surface area contributed by atoms with Gasteiger partial charge in [0.15, 0.2) is 0 Å². The molecule has 0 spiro atoms. The summed E-state index contributed by atoms with van der Waals surface area (Å²) in [5.41, 5.74) is 0.783. The highest BCUT2D eigenvalue weighted by molar-refractivity contribution is 9.10. The average molecular weight is 300 g/mol. The summed E-state index contributed by atoms with van der Waals surface area (Å²) < 4.78 is 0.710. The van der Waals surface area contributed by atoms with Gasteiger partial charge in [0, 0.05) is 4.47 Å². The second-order valence-electron chi connectivity index (χ2n) is 3.74. The molecular formula is C11H10BrNO4. The average Bonchev–Trinajstić information content (AvgIpc) is 2.54. The number of carbonyl (C=O) groups is 2. The molecular weight excluding hydrogens is 290 g/mol. The molecule has 6 heteroatoms. The minimum Gasteiger partial charge on any atom is -0.394 e. The highest BCUT2D eigenvalue weighted by Gasteiger charge is 2.36. The van der Waals surface area contributed by atoms with Crippen molar-refractivity contribution in [3.05, 3.63) is 28.2 Å². The molecule has 0 radical (unpaired) electrons. The zero-order valence-corrected chi connectivity index (χ0v) is 10.3. The summed E-state index contributed by atoms with van der Waals surface area (Å²) in [5.74, 6) is -1.27. The van der Waals surface area contributed by atoms with Gasteiger partial charge in [-0.3, -0.25) is 9.59 Å². The highest BCUT2D eigenvalue weighted by Crippen LogP contribution is 2.31. The van der Waals surface area contributed by atoms with Crippen LogP contribution in [0, 0.1) is 0 Å². The maximum absolute atomic E-state index is 11.7. The molecule has 2 rings (SSSR count). The highest BCUT2D eigenvalue weighted by atomic mass is 79.9. The van der Waals surface area contributed by atoms with E-state index in [-0.39, 0.29) is 6.54 Å². The van der Waals surface area contributed by atoms with E-state index >= 15 is 0 Å². The number of β-amino-alcohol motifs (C(OH)–C–C–N with tert-alkyl or cyclic N) is 1. The number of hydrogen-bond acceptors (Lipinski definition) is 4. The summed E-state index contributed by atoms with van der Waals surface area (Å²) in [5, 5.41) is 18.1. The molecule has 0 aliphatic carbocycles. The Morgan fingerprint density at radius 2 is 2.06 bits per heavy atom. The summed E-state index contributed by atoms with van der Waals surface area (Å²) in [7, 11) is 0. The number of aliphatic hydroxyl groups excluding tert-OH is 2. The van der Waals surface area contributed by atoms with E-state index in [4.69, 9.17) is 5.11 Å². The number of ketones is 1. The van der Waals surface area contributed by atoms with Gasteiger partial charge in [-0.2, -0.15) is 0 Å². The number of rotatable bonds is 3. The number of benzene rings is 1. The topological polar surface area (TPSA) is 77.8 Å². The van der Waals surface area contributed by atoms with Crippen molar-refractivity contribution >= 4 is 33.3 Å². The first-order valence-corrected chi connectivity index (χ1v) is 5.78. The first-order valence-electron chi connectivity index (χ1n) is 4.99. The van der Waals surface area contributed by atoms with E-state index in [0.29, 0.717) is 15.7 Å². The van der Waals surface area contributed by atoms with Crippen LogP contribution in [0.4, 0.5) is 5.69 Å². The first kappa shape index (κ1) is 12.2. The van der Waals surface area contributed by atoms with Gasteiger partial charge in [-0.25, -0.2) is 0 Å². The van der Waals surface area contributed by atoms with Crippen LogP contribution < -0.4 is 4.90 Å². The lowest BCUT2D eigenvalue weighted by Crippen LogP contribution is -2.38. The molecule has 1 heterocycles. The number of hydrogen-bond donors (Lipinski definition) is 2.